The zero-order chi connectivity index (χ0) is 19.3. The second-order valence-corrected chi connectivity index (χ2v) is 6.96. The van der Waals surface area contributed by atoms with Crippen molar-refractivity contribution in [1.82, 2.24) is 20.4 Å². The second-order valence-electron chi connectivity index (χ2n) is 6.96. The zero-order valence-corrected chi connectivity index (χ0v) is 17.0. The Balaban J connectivity index is 1.63. The van der Waals surface area contributed by atoms with Gasteiger partial charge in [-0.25, -0.2) is 0 Å². The van der Waals surface area contributed by atoms with Gasteiger partial charge in [0.15, 0.2) is 5.96 Å². The molecule has 0 aliphatic carbocycles. The molecule has 0 saturated carbocycles. The largest absolute Gasteiger partial charge is 0.494 e. The maximum atomic E-state index is 5.77. The standard InChI is InChI=1S/C20H35N5O2/c1-21-20(22-9-11-25-12-15-26-16-13-25)23-17-18-5-7-19(8-6-18)27-14-4-10-24(2)3/h5-8H,4,9-17H2,1-3H3,(H2,21,22,23). The smallest absolute Gasteiger partial charge is 0.191 e. The van der Waals surface area contributed by atoms with Gasteiger partial charge >= 0.3 is 0 Å². The molecule has 0 amide bonds. The Morgan fingerprint density at radius 2 is 1.93 bits per heavy atom. The summed E-state index contributed by atoms with van der Waals surface area (Å²) in [5, 5.41) is 6.73. The average Bonchev–Trinajstić information content (AvgIpc) is 2.69. The van der Waals surface area contributed by atoms with Crippen LogP contribution in [0.15, 0.2) is 29.3 Å². The minimum atomic E-state index is 0.734. The third-order valence-corrected chi connectivity index (χ3v) is 4.45. The van der Waals surface area contributed by atoms with E-state index in [4.69, 9.17) is 9.47 Å². The van der Waals surface area contributed by atoms with Crippen LogP contribution in [0.5, 0.6) is 5.75 Å². The Morgan fingerprint density at radius 3 is 2.59 bits per heavy atom. The van der Waals surface area contributed by atoms with Gasteiger partial charge in [0, 0.05) is 46.3 Å². The van der Waals surface area contributed by atoms with E-state index in [0.29, 0.717) is 0 Å². The van der Waals surface area contributed by atoms with Crippen molar-refractivity contribution < 1.29 is 9.47 Å². The van der Waals surface area contributed by atoms with E-state index in [1.165, 1.54) is 5.56 Å². The number of benzene rings is 1. The number of guanidine groups is 1. The first-order chi connectivity index (χ1) is 13.2. The first-order valence-electron chi connectivity index (χ1n) is 9.78. The van der Waals surface area contributed by atoms with Gasteiger partial charge in [0.2, 0.25) is 0 Å². The van der Waals surface area contributed by atoms with Crippen molar-refractivity contribution in [2.45, 2.75) is 13.0 Å². The van der Waals surface area contributed by atoms with Crippen LogP contribution in [0.1, 0.15) is 12.0 Å². The lowest BCUT2D eigenvalue weighted by Crippen LogP contribution is -2.44. The van der Waals surface area contributed by atoms with Crippen molar-refractivity contribution >= 4 is 5.96 Å². The van der Waals surface area contributed by atoms with Crippen LogP contribution in [-0.4, -0.2) is 89.4 Å². The van der Waals surface area contributed by atoms with E-state index < -0.39 is 0 Å². The van der Waals surface area contributed by atoms with Gasteiger partial charge in [0.1, 0.15) is 5.75 Å². The molecule has 7 heteroatoms. The first-order valence-corrected chi connectivity index (χ1v) is 9.78. The van der Waals surface area contributed by atoms with E-state index in [2.05, 4.69) is 51.7 Å². The van der Waals surface area contributed by atoms with Crippen molar-refractivity contribution in [1.29, 1.82) is 0 Å². The van der Waals surface area contributed by atoms with Crippen LogP contribution in [-0.2, 0) is 11.3 Å². The van der Waals surface area contributed by atoms with Crippen molar-refractivity contribution in [2.24, 2.45) is 4.99 Å². The van der Waals surface area contributed by atoms with Crippen LogP contribution >= 0.6 is 0 Å². The number of ether oxygens (including phenoxy) is 2. The summed E-state index contributed by atoms with van der Waals surface area (Å²) in [6.07, 6.45) is 1.03. The van der Waals surface area contributed by atoms with E-state index >= 15 is 0 Å². The lowest BCUT2D eigenvalue weighted by Gasteiger charge is -2.26. The Kier molecular flexibility index (Phi) is 9.97. The number of aliphatic imine (C=N–C) groups is 1. The summed E-state index contributed by atoms with van der Waals surface area (Å²) in [5.41, 5.74) is 1.20. The molecule has 1 fully saturated rings. The normalized spacial score (nSPS) is 15.8. The van der Waals surface area contributed by atoms with E-state index in [-0.39, 0.29) is 0 Å². The molecule has 2 N–H and O–H groups in total. The molecule has 0 atom stereocenters. The van der Waals surface area contributed by atoms with Crippen LogP contribution in [0.4, 0.5) is 0 Å². The lowest BCUT2D eigenvalue weighted by atomic mass is 10.2. The maximum absolute atomic E-state index is 5.77. The number of nitrogens with zero attached hydrogens (tertiary/aromatic N) is 3. The Hall–Kier alpha value is -1.83. The van der Waals surface area contributed by atoms with Gasteiger partial charge in [-0.05, 0) is 38.2 Å². The highest BCUT2D eigenvalue weighted by atomic mass is 16.5. The van der Waals surface area contributed by atoms with Crippen LogP contribution in [0.2, 0.25) is 0 Å². The van der Waals surface area contributed by atoms with E-state index in [0.717, 1.165) is 77.2 Å². The van der Waals surface area contributed by atoms with E-state index in [9.17, 15) is 0 Å². The molecule has 7 nitrogen and oxygen atoms in total. The molecular formula is C20H35N5O2. The maximum Gasteiger partial charge on any atom is 0.191 e. The Morgan fingerprint density at radius 1 is 1.19 bits per heavy atom. The van der Waals surface area contributed by atoms with Gasteiger partial charge in [-0.1, -0.05) is 12.1 Å². The molecule has 0 unspecified atom stereocenters. The fraction of sp³-hybridized carbons (Fsp3) is 0.650. The van der Waals surface area contributed by atoms with Crippen molar-refractivity contribution in [2.75, 3.05) is 73.7 Å². The highest BCUT2D eigenvalue weighted by Crippen LogP contribution is 2.12. The summed E-state index contributed by atoms with van der Waals surface area (Å²) in [7, 11) is 5.95. The molecule has 1 aliphatic rings. The van der Waals surface area contributed by atoms with Gasteiger partial charge in [-0.15, -0.1) is 0 Å². The average molecular weight is 378 g/mol. The summed E-state index contributed by atoms with van der Waals surface area (Å²) < 4.78 is 11.1. The summed E-state index contributed by atoms with van der Waals surface area (Å²) in [4.78, 5) is 8.86. The molecule has 1 saturated heterocycles. The molecule has 152 valence electrons. The summed E-state index contributed by atoms with van der Waals surface area (Å²) >= 11 is 0. The third-order valence-electron chi connectivity index (χ3n) is 4.45. The van der Waals surface area contributed by atoms with Crippen LogP contribution < -0.4 is 15.4 Å². The fourth-order valence-corrected chi connectivity index (χ4v) is 2.84. The predicted octanol–water partition coefficient (Wildman–Crippen LogP) is 1.01. The molecule has 0 aromatic heterocycles. The summed E-state index contributed by atoms with van der Waals surface area (Å²) in [5.74, 6) is 1.75. The highest BCUT2D eigenvalue weighted by Gasteiger charge is 2.09. The Labute approximate surface area is 163 Å². The number of hydrogen-bond donors (Lipinski definition) is 2. The monoisotopic (exact) mass is 377 g/mol. The fourth-order valence-electron chi connectivity index (χ4n) is 2.84. The second kappa shape index (κ2) is 12.5. The number of nitrogens with one attached hydrogen (secondary N) is 2. The number of rotatable bonds is 10. The Bertz CT molecular complexity index is 542. The molecule has 1 heterocycles. The molecule has 0 bridgehead atoms. The van der Waals surface area contributed by atoms with Gasteiger partial charge in [0.25, 0.3) is 0 Å². The topological polar surface area (TPSA) is 61.4 Å². The molecule has 0 spiro atoms. The molecule has 27 heavy (non-hydrogen) atoms. The SMILES string of the molecule is CN=C(NCCN1CCOCC1)NCc1ccc(OCCCN(C)C)cc1. The number of morpholine rings is 1. The third kappa shape index (κ3) is 9.08. The number of hydrogen-bond acceptors (Lipinski definition) is 5. The van der Waals surface area contributed by atoms with Crippen LogP contribution in [0, 0.1) is 0 Å². The molecule has 0 radical (unpaired) electrons. The van der Waals surface area contributed by atoms with Crippen molar-refractivity contribution in [3.63, 3.8) is 0 Å². The zero-order valence-electron chi connectivity index (χ0n) is 17.0. The highest BCUT2D eigenvalue weighted by molar-refractivity contribution is 5.79. The quantitative estimate of drug-likeness (QED) is 0.361. The molecular weight excluding hydrogens is 342 g/mol. The predicted molar refractivity (Wildman–Crippen MR) is 111 cm³/mol. The minimum absolute atomic E-state index is 0.734. The van der Waals surface area contributed by atoms with Crippen LogP contribution in [0.25, 0.3) is 0 Å². The molecule has 1 aliphatic heterocycles. The lowest BCUT2D eigenvalue weighted by molar-refractivity contribution is 0.0389. The van der Waals surface area contributed by atoms with Gasteiger partial charge in [-0.3, -0.25) is 9.89 Å². The van der Waals surface area contributed by atoms with Crippen LogP contribution in [0.3, 0.4) is 0 Å². The van der Waals surface area contributed by atoms with Gasteiger partial charge in [0.05, 0.1) is 19.8 Å². The van der Waals surface area contributed by atoms with Gasteiger partial charge < -0.3 is 25.0 Å². The molecule has 1 aromatic rings. The van der Waals surface area contributed by atoms with Gasteiger partial charge in [-0.2, -0.15) is 0 Å². The van der Waals surface area contributed by atoms with Crippen molar-refractivity contribution in [3.05, 3.63) is 29.8 Å². The molecule has 1 aromatic carbocycles. The summed E-state index contributed by atoms with van der Waals surface area (Å²) in [6, 6.07) is 8.24. The molecule has 2 rings (SSSR count). The van der Waals surface area contributed by atoms with E-state index in [1.54, 1.807) is 7.05 Å². The first kappa shape index (κ1) is 21.5. The minimum Gasteiger partial charge on any atom is -0.494 e. The summed E-state index contributed by atoms with van der Waals surface area (Å²) in [6.45, 7) is 8.09. The van der Waals surface area contributed by atoms with Crippen molar-refractivity contribution in [3.8, 4) is 5.75 Å². The van der Waals surface area contributed by atoms with E-state index in [1.807, 2.05) is 12.1 Å².